The van der Waals surface area contributed by atoms with Crippen molar-refractivity contribution in [3.8, 4) is 0 Å². The van der Waals surface area contributed by atoms with Gasteiger partial charge in [-0.25, -0.2) is 14.6 Å². The molecule has 0 atom stereocenters. The standard InChI is InChI=1S/C13H18N2O4S/c1-13(2,3)19-12(18)14-7-8-5-9(20-4)6-10(15-8)11(16)17/h5-6H,7H2,1-4H3,(H,14,18)(H,16,17). The highest BCUT2D eigenvalue weighted by Crippen LogP contribution is 2.17. The molecule has 0 bridgehead atoms. The van der Waals surface area contributed by atoms with E-state index in [2.05, 4.69) is 10.3 Å². The second-order valence-corrected chi connectivity index (χ2v) is 5.92. The van der Waals surface area contributed by atoms with Gasteiger partial charge in [0.15, 0.2) is 0 Å². The van der Waals surface area contributed by atoms with Crippen molar-refractivity contribution in [3.05, 3.63) is 23.5 Å². The SMILES string of the molecule is CSc1cc(CNC(=O)OC(C)(C)C)nc(C(=O)O)c1. The summed E-state index contributed by atoms with van der Waals surface area (Å²) < 4.78 is 5.09. The fraction of sp³-hybridized carbons (Fsp3) is 0.462. The zero-order valence-corrected chi connectivity index (χ0v) is 12.7. The molecule has 0 spiro atoms. The second kappa shape index (κ2) is 6.60. The number of nitrogens with one attached hydrogen (secondary N) is 1. The van der Waals surface area contributed by atoms with Gasteiger partial charge in [-0.15, -0.1) is 11.8 Å². The van der Waals surface area contributed by atoms with Crippen molar-refractivity contribution in [2.75, 3.05) is 6.26 Å². The van der Waals surface area contributed by atoms with E-state index in [-0.39, 0.29) is 12.2 Å². The number of carbonyl (C=O) groups excluding carboxylic acids is 1. The molecule has 1 amide bonds. The summed E-state index contributed by atoms with van der Waals surface area (Å²) in [4.78, 5) is 27.2. The molecule has 0 unspecified atom stereocenters. The molecular formula is C13H18N2O4S. The van der Waals surface area contributed by atoms with Crippen LogP contribution in [0.1, 0.15) is 37.0 Å². The zero-order valence-electron chi connectivity index (χ0n) is 11.9. The van der Waals surface area contributed by atoms with Gasteiger partial charge in [0, 0.05) is 4.90 Å². The van der Waals surface area contributed by atoms with Gasteiger partial charge in [0.05, 0.1) is 12.2 Å². The Morgan fingerprint density at radius 2 is 2.05 bits per heavy atom. The van der Waals surface area contributed by atoms with Crippen molar-refractivity contribution in [1.29, 1.82) is 0 Å². The van der Waals surface area contributed by atoms with Gasteiger partial charge in [0.1, 0.15) is 11.3 Å². The van der Waals surface area contributed by atoms with Crippen LogP contribution in [0.3, 0.4) is 0 Å². The second-order valence-electron chi connectivity index (χ2n) is 5.04. The topological polar surface area (TPSA) is 88.5 Å². The number of aromatic carboxylic acids is 1. The monoisotopic (exact) mass is 298 g/mol. The first-order chi connectivity index (χ1) is 9.21. The minimum Gasteiger partial charge on any atom is -0.477 e. The van der Waals surface area contributed by atoms with Gasteiger partial charge in [0.25, 0.3) is 0 Å². The molecule has 1 rings (SSSR count). The Hall–Kier alpha value is -1.76. The summed E-state index contributed by atoms with van der Waals surface area (Å²) in [5.74, 6) is -1.10. The molecule has 0 aliphatic rings. The third-order valence-electron chi connectivity index (χ3n) is 2.12. The lowest BCUT2D eigenvalue weighted by Crippen LogP contribution is -2.32. The van der Waals surface area contributed by atoms with Crippen LogP contribution in [0, 0.1) is 0 Å². The van der Waals surface area contributed by atoms with Crippen molar-refractivity contribution in [3.63, 3.8) is 0 Å². The minimum atomic E-state index is -1.10. The van der Waals surface area contributed by atoms with E-state index in [1.165, 1.54) is 17.8 Å². The van der Waals surface area contributed by atoms with Gasteiger partial charge in [-0.1, -0.05) is 0 Å². The molecule has 20 heavy (non-hydrogen) atoms. The molecule has 0 radical (unpaired) electrons. The van der Waals surface area contributed by atoms with E-state index in [1.54, 1.807) is 26.8 Å². The molecule has 1 aromatic heterocycles. The Morgan fingerprint density at radius 3 is 2.55 bits per heavy atom. The van der Waals surface area contributed by atoms with E-state index < -0.39 is 17.7 Å². The molecule has 1 aromatic rings. The first kappa shape index (κ1) is 16.3. The van der Waals surface area contributed by atoms with E-state index in [1.807, 2.05) is 6.26 Å². The Kier molecular flexibility index (Phi) is 5.38. The van der Waals surface area contributed by atoms with Crippen LogP contribution >= 0.6 is 11.8 Å². The van der Waals surface area contributed by atoms with Crippen LogP contribution in [0.15, 0.2) is 17.0 Å². The lowest BCUT2D eigenvalue weighted by molar-refractivity contribution is 0.0522. The molecule has 1 heterocycles. The summed E-state index contributed by atoms with van der Waals surface area (Å²) in [7, 11) is 0. The van der Waals surface area contributed by atoms with Gasteiger partial charge in [-0.3, -0.25) is 0 Å². The highest BCUT2D eigenvalue weighted by Gasteiger charge is 2.16. The number of carboxylic acid groups (broad SMARTS) is 1. The molecule has 0 aromatic carbocycles. The van der Waals surface area contributed by atoms with Crippen LogP contribution in [-0.4, -0.2) is 34.0 Å². The van der Waals surface area contributed by atoms with Gasteiger partial charge in [0.2, 0.25) is 0 Å². The van der Waals surface area contributed by atoms with E-state index in [0.717, 1.165) is 4.90 Å². The fourth-order valence-electron chi connectivity index (χ4n) is 1.35. The molecule has 6 nitrogen and oxygen atoms in total. The van der Waals surface area contributed by atoms with Crippen molar-refractivity contribution < 1.29 is 19.4 Å². The van der Waals surface area contributed by atoms with E-state index in [9.17, 15) is 9.59 Å². The molecule has 0 saturated carbocycles. The van der Waals surface area contributed by atoms with Crippen molar-refractivity contribution in [2.45, 2.75) is 37.8 Å². The number of carboxylic acids is 1. The number of carbonyl (C=O) groups is 2. The molecule has 110 valence electrons. The first-order valence-electron chi connectivity index (χ1n) is 5.96. The zero-order chi connectivity index (χ0) is 15.3. The predicted octanol–water partition coefficient (Wildman–Crippen LogP) is 2.53. The van der Waals surface area contributed by atoms with Gasteiger partial charge in [-0.05, 0) is 39.2 Å². The predicted molar refractivity (Wildman–Crippen MR) is 76.1 cm³/mol. The highest BCUT2D eigenvalue weighted by atomic mass is 32.2. The Labute approximate surface area is 121 Å². The van der Waals surface area contributed by atoms with Crippen LogP contribution < -0.4 is 5.32 Å². The third-order valence-corrected chi connectivity index (χ3v) is 2.83. The quantitative estimate of drug-likeness (QED) is 0.830. The number of aromatic nitrogens is 1. The van der Waals surface area contributed by atoms with Crippen molar-refractivity contribution in [1.82, 2.24) is 10.3 Å². The molecule has 7 heteroatoms. The smallest absolute Gasteiger partial charge is 0.407 e. The maximum atomic E-state index is 11.5. The van der Waals surface area contributed by atoms with Gasteiger partial charge < -0.3 is 15.2 Å². The van der Waals surface area contributed by atoms with E-state index >= 15 is 0 Å². The Bertz CT molecular complexity index is 512. The third kappa shape index (κ3) is 5.48. The van der Waals surface area contributed by atoms with Crippen LogP contribution in [-0.2, 0) is 11.3 Å². The summed E-state index contributed by atoms with van der Waals surface area (Å²) in [6.07, 6.45) is 1.28. The summed E-state index contributed by atoms with van der Waals surface area (Å²) in [6.45, 7) is 5.41. The maximum Gasteiger partial charge on any atom is 0.407 e. The van der Waals surface area contributed by atoms with Gasteiger partial charge >= 0.3 is 12.1 Å². The maximum absolute atomic E-state index is 11.5. The summed E-state index contributed by atoms with van der Waals surface area (Å²) in [5.41, 5.74) is -0.150. The summed E-state index contributed by atoms with van der Waals surface area (Å²) >= 11 is 1.41. The summed E-state index contributed by atoms with van der Waals surface area (Å²) in [6, 6.07) is 3.22. The number of nitrogens with zero attached hydrogens (tertiary/aromatic N) is 1. The highest BCUT2D eigenvalue weighted by molar-refractivity contribution is 7.98. The van der Waals surface area contributed by atoms with E-state index in [0.29, 0.717) is 5.69 Å². The molecule has 0 aliphatic heterocycles. The molecule has 2 N–H and O–H groups in total. The number of rotatable bonds is 4. The van der Waals surface area contributed by atoms with Crippen molar-refractivity contribution in [2.24, 2.45) is 0 Å². The largest absolute Gasteiger partial charge is 0.477 e. The number of thioether (sulfide) groups is 1. The summed E-state index contributed by atoms with van der Waals surface area (Å²) in [5, 5.41) is 11.5. The normalized spacial score (nSPS) is 11.0. The Morgan fingerprint density at radius 1 is 1.40 bits per heavy atom. The minimum absolute atomic E-state index is 0.0437. The van der Waals surface area contributed by atoms with Crippen LogP contribution in [0.2, 0.25) is 0 Å². The molecule has 0 fully saturated rings. The molecular weight excluding hydrogens is 280 g/mol. The first-order valence-corrected chi connectivity index (χ1v) is 7.19. The fourth-order valence-corrected chi connectivity index (χ4v) is 1.84. The molecule has 0 saturated heterocycles. The van der Waals surface area contributed by atoms with E-state index in [4.69, 9.17) is 9.84 Å². The Balaban J connectivity index is 2.75. The average molecular weight is 298 g/mol. The molecule has 0 aliphatic carbocycles. The average Bonchev–Trinajstić information content (AvgIpc) is 2.33. The number of ether oxygens (including phenoxy) is 1. The number of hydrogen-bond donors (Lipinski definition) is 2. The number of amides is 1. The van der Waals surface area contributed by atoms with Crippen LogP contribution in [0.5, 0.6) is 0 Å². The van der Waals surface area contributed by atoms with Crippen LogP contribution in [0.4, 0.5) is 4.79 Å². The lowest BCUT2D eigenvalue weighted by Gasteiger charge is -2.19. The van der Waals surface area contributed by atoms with Crippen molar-refractivity contribution >= 4 is 23.8 Å². The number of alkyl carbamates (subject to hydrolysis) is 1. The van der Waals surface area contributed by atoms with Gasteiger partial charge in [-0.2, -0.15) is 0 Å². The number of pyridine rings is 1. The number of hydrogen-bond acceptors (Lipinski definition) is 5. The lowest BCUT2D eigenvalue weighted by atomic mass is 10.2. The van der Waals surface area contributed by atoms with Crippen LogP contribution in [0.25, 0.3) is 0 Å².